The summed E-state index contributed by atoms with van der Waals surface area (Å²) in [4.78, 5) is 25.1. The van der Waals surface area contributed by atoms with Gasteiger partial charge in [-0.1, -0.05) is 12.5 Å². The fourth-order valence-corrected chi connectivity index (χ4v) is 5.54. The van der Waals surface area contributed by atoms with Crippen LogP contribution in [0.25, 0.3) is 11.0 Å². The molecule has 1 fully saturated rings. The van der Waals surface area contributed by atoms with Gasteiger partial charge in [-0.25, -0.2) is 8.42 Å². The van der Waals surface area contributed by atoms with Gasteiger partial charge in [0.15, 0.2) is 11.2 Å². The third-order valence-electron chi connectivity index (χ3n) is 5.57. The Bertz CT molecular complexity index is 1300. The zero-order valence-corrected chi connectivity index (χ0v) is 18.2. The summed E-state index contributed by atoms with van der Waals surface area (Å²) in [5.74, 6) is -0.692. The van der Waals surface area contributed by atoms with E-state index in [2.05, 4.69) is 5.32 Å². The quantitative estimate of drug-likeness (QED) is 0.663. The Morgan fingerprint density at radius 1 is 1.10 bits per heavy atom. The highest BCUT2D eigenvalue weighted by Gasteiger charge is 2.30. The summed E-state index contributed by atoms with van der Waals surface area (Å²) in [6.45, 7) is 4.30. The van der Waals surface area contributed by atoms with Crippen LogP contribution in [0.3, 0.4) is 0 Å². The molecule has 0 aliphatic carbocycles. The molecule has 1 unspecified atom stereocenters. The fraction of sp³-hybridized carbons (Fsp3) is 0.304. The number of carbonyl (C=O) groups excluding carboxylic acids is 1. The molecule has 3 aromatic rings. The summed E-state index contributed by atoms with van der Waals surface area (Å²) >= 11 is 0. The van der Waals surface area contributed by atoms with E-state index in [1.807, 2.05) is 13.8 Å². The van der Waals surface area contributed by atoms with E-state index in [-0.39, 0.29) is 22.1 Å². The zero-order chi connectivity index (χ0) is 22.2. The average Bonchev–Trinajstić information content (AvgIpc) is 2.74. The van der Waals surface area contributed by atoms with Gasteiger partial charge in [-0.2, -0.15) is 4.31 Å². The standard InChI is InChI=1S/C23H24N2O5S/c1-15-6-11-19-20(26)14-22(30-21(19)13-15)23(27)24-17-7-9-18(10-8-17)31(28,29)25-12-4-3-5-16(25)2/h6-11,13-14,16H,3-5,12H2,1-2H3,(H,24,27). The molecule has 0 radical (unpaired) electrons. The van der Waals surface area contributed by atoms with Gasteiger partial charge in [0, 0.05) is 24.3 Å². The number of hydrogen-bond acceptors (Lipinski definition) is 5. The monoisotopic (exact) mass is 440 g/mol. The molecule has 1 atom stereocenters. The number of hydrogen-bond donors (Lipinski definition) is 1. The average molecular weight is 441 g/mol. The third-order valence-corrected chi connectivity index (χ3v) is 7.60. The van der Waals surface area contributed by atoms with Crippen molar-refractivity contribution in [1.82, 2.24) is 4.31 Å². The number of fused-ring (bicyclic) bond motifs is 1. The minimum atomic E-state index is -3.58. The van der Waals surface area contributed by atoms with Crippen molar-refractivity contribution < 1.29 is 17.6 Å². The first-order valence-electron chi connectivity index (χ1n) is 10.2. The van der Waals surface area contributed by atoms with Crippen molar-refractivity contribution in [3.05, 3.63) is 70.1 Å². The van der Waals surface area contributed by atoms with E-state index in [9.17, 15) is 18.0 Å². The lowest BCUT2D eigenvalue weighted by molar-refractivity contribution is 0.0997. The van der Waals surface area contributed by atoms with Crippen LogP contribution < -0.4 is 10.7 Å². The molecule has 7 nitrogen and oxygen atoms in total. The van der Waals surface area contributed by atoms with Gasteiger partial charge in [0.25, 0.3) is 5.91 Å². The summed E-state index contributed by atoms with van der Waals surface area (Å²) in [5.41, 5.74) is 1.36. The Morgan fingerprint density at radius 2 is 1.84 bits per heavy atom. The van der Waals surface area contributed by atoms with Gasteiger partial charge in [-0.3, -0.25) is 9.59 Å². The lowest BCUT2D eigenvalue weighted by Gasteiger charge is -2.32. The minimum Gasteiger partial charge on any atom is -0.451 e. The zero-order valence-electron chi connectivity index (χ0n) is 17.4. The van der Waals surface area contributed by atoms with E-state index >= 15 is 0 Å². The van der Waals surface area contributed by atoms with Crippen LogP contribution in [0, 0.1) is 6.92 Å². The van der Waals surface area contributed by atoms with Gasteiger partial charge in [0.1, 0.15) is 5.58 Å². The number of anilines is 1. The second-order valence-electron chi connectivity index (χ2n) is 7.91. The molecule has 0 saturated carbocycles. The first-order valence-corrected chi connectivity index (χ1v) is 11.7. The Morgan fingerprint density at radius 3 is 2.55 bits per heavy atom. The van der Waals surface area contributed by atoms with E-state index in [1.54, 1.807) is 18.2 Å². The number of piperidine rings is 1. The molecule has 1 saturated heterocycles. The van der Waals surface area contributed by atoms with Crippen LogP contribution in [0.2, 0.25) is 0 Å². The molecular formula is C23H24N2O5S. The lowest BCUT2D eigenvalue weighted by Crippen LogP contribution is -2.41. The van der Waals surface area contributed by atoms with Crippen LogP contribution in [-0.2, 0) is 10.0 Å². The number of nitrogens with zero attached hydrogens (tertiary/aromatic N) is 1. The number of sulfonamides is 1. The molecule has 1 aromatic heterocycles. The van der Waals surface area contributed by atoms with Crippen molar-refractivity contribution in [3.63, 3.8) is 0 Å². The van der Waals surface area contributed by atoms with Crippen molar-refractivity contribution >= 4 is 32.6 Å². The van der Waals surface area contributed by atoms with Crippen molar-refractivity contribution in [2.24, 2.45) is 0 Å². The number of benzene rings is 2. The topological polar surface area (TPSA) is 96.7 Å². The highest BCUT2D eigenvalue weighted by molar-refractivity contribution is 7.89. The summed E-state index contributed by atoms with van der Waals surface area (Å²) < 4.78 is 33.0. The van der Waals surface area contributed by atoms with Crippen molar-refractivity contribution in [2.45, 2.75) is 44.0 Å². The summed E-state index contributed by atoms with van der Waals surface area (Å²) in [5, 5.41) is 3.06. The Kier molecular flexibility index (Phi) is 5.68. The molecule has 31 heavy (non-hydrogen) atoms. The predicted octanol–water partition coefficient (Wildman–Crippen LogP) is 3.92. The Balaban J connectivity index is 1.55. The molecule has 162 valence electrons. The van der Waals surface area contributed by atoms with Crippen LogP contribution in [0.4, 0.5) is 5.69 Å². The number of rotatable bonds is 4. The summed E-state index contributed by atoms with van der Waals surface area (Å²) in [6.07, 6.45) is 2.74. The molecule has 1 aliphatic rings. The van der Waals surface area contributed by atoms with E-state index < -0.39 is 15.9 Å². The van der Waals surface area contributed by atoms with Gasteiger partial charge in [0.2, 0.25) is 10.0 Å². The largest absolute Gasteiger partial charge is 0.451 e. The van der Waals surface area contributed by atoms with Gasteiger partial charge in [0.05, 0.1) is 10.3 Å². The summed E-state index contributed by atoms with van der Waals surface area (Å²) in [6, 6.07) is 12.3. The van der Waals surface area contributed by atoms with E-state index in [0.29, 0.717) is 23.2 Å². The molecule has 0 spiro atoms. The fourth-order valence-electron chi connectivity index (χ4n) is 3.84. The van der Waals surface area contributed by atoms with E-state index in [4.69, 9.17) is 4.42 Å². The number of aryl methyl sites for hydroxylation is 1. The molecule has 1 amide bonds. The van der Waals surface area contributed by atoms with Crippen molar-refractivity contribution in [3.8, 4) is 0 Å². The number of nitrogens with one attached hydrogen (secondary N) is 1. The normalized spacial score (nSPS) is 17.5. The summed E-state index contributed by atoms with van der Waals surface area (Å²) in [7, 11) is -3.58. The van der Waals surface area contributed by atoms with Gasteiger partial charge in [-0.05, 0) is 68.7 Å². The maximum absolute atomic E-state index is 12.9. The molecule has 0 bridgehead atoms. The molecule has 2 aromatic carbocycles. The van der Waals surface area contributed by atoms with Gasteiger partial charge >= 0.3 is 0 Å². The second-order valence-corrected chi connectivity index (χ2v) is 9.80. The van der Waals surface area contributed by atoms with Crippen LogP contribution in [-0.4, -0.2) is 31.2 Å². The van der Waals surface area contributed by atoms with Crippen LogP contribution >= 0.6 is 0 Å². The van der Waals surface area contributed by atoms with Gasteiger partial charge in [-0.15, -0.1) is 0 Å². The first-order chi connectivity index (χ1) is 14.8. The van der Waals surface area contributed by atoms with Crippen LogP contribution in [0.15, 0.2) is 62.6 Å². The van der Waals surface area contributed by atoms with Crippen LogP contribution in [0.5, 0.6) is 0 Å². The molecule has 4 rings (SSSR count). The van der Waals surface area contributed by atoms with Crippen molar-refractivity contribution in [1.29, 1.82) is 0 Å². The minimum absolute atomic E-state index is 0.0300. The van der Waals surface area contributed by atoms with Gasteiger partial charge < -0.3 is 9.73 Å². The Hall–Kier alpha value is -2.97. The molecule has 2 heterocycles. The van der Waals surface area contributed by atoms with E-state index in [1.165, 1.54) is 28.6 Å². The maximum Gasteiger partial charge on any atom is 0.291 e. The smallest absolute Gasteiger partial charge is 0.291 e. The molecular weight excluding hydrogens is 416 g/mol. The first kappa shape index (κ1) is 21.3. The number of amides is 1. The van der Waals surface area contributed by atoms with Crippen LogP contribution in [0.1, 0.15) is 42.3 Å². The van der Waals surface area contributed by atoms with E-state index in [0.717, 1.165) is 30.9 Å². The molecule has 1 aliphatic heterocycles. The van der Waals surface area contributed by atoms with Crippen molar-refractivity contribution in [2.75, 3.05) is 11.9 Å². The predicted molar refractivity (Wildman–Crippen MR) is 119 cm³/mol. The highest BCUT2D eigenvalue weighted by Crippen LogP contribution is 2.26. The lowest BCUT2D eigenvalue weighted by atomic mass is 10.1. The Labute approximate surface area is 180 Å². The SMILES string of the molecule is Cc1ccc2c(=O)cc(C(=O)Nc3ccc(S(=O)(=O)N4CCCCC4C)cc3)oc2c1. The maximum atomic E-state index is 12.9. The third kappa shape index (κ3) is 4.26. The second kappa shape index (κ2) is 8.28. The number of carbonyl (C=O) groups is 1. The molecule has 1 N–H and O–H groups in total. The highest BCUT2D eigenvalue weighted by atomic mass is 32.2. The molecule has 8 heteroatoms.